The Hall–Kier alpha value is -1.51. The van der Waals surface area contributed by atoms with Gasteiger partial charge in [-0.25, -0.2) is 4.79 Å². The van der Waals surface area contributed by atoms with E-state index in [1.807, 2.05) is 13.8 Å². The molecule has 1 aromatic heterocycles. The molecule has 1 heterocycles. The summed E-state index contributed by atoms with van der Waals surface area (Å²) in [6.45, 7) is 8.88. The van der Waals surface area contributed by atoms with Crippen LogP contribution in [0.4, 0.5) is 0 Å². The van der Waals surface area contributed by atoms with Gasteiger partial charge in [-0.3, -0.25) is 4.57 Å². The maximum Gasteiger partial charge on any atom is 0.419 e. The summed E-state index contributed by atoms with van der Waals surface area (Å²) < 4.78 is 6.94. The summed E-state index contributed by atoms with van der Waals surface area (Å²) in [5, 5.41) is 0. The molecule has 0 bridgehead atoms. The van der Waals surface area contributed by atoms with Crippen molar-refractivity contribution in [1.29, 1.82) is 0 Å². The zero-order valence-corrected chi connectivity index (χ0v) is 10.2. The molecule has 0 unspecified atom stereocenters. The molecule has 0 fully saturated rings. The highest BCUT2D eigenvalue weighted by Crippen LogP contribution is 2.24. The molecule has 2 rings (SSSR count). The second-order valence-electron chi connectivity index (χ2n) is 4.45. The zero-order valence-electron chi connectivity index (χ0n) is 10.2. The van der Waals surface area contributed by atoms with Gasteiger partial charge in [0.1, 0.15) is 0 Å². The first-order valence-corrected chi connectivity index (χ1v) is 5.68. The van der Waals surface area contributed by atoms with Crippen LogP contribution < -0.4 is 5.76 Å². The molecule has 0 aliphatic heterocycles. The molecular formula is C13H17NO2. The summed E-state index contributed by atoms with van der Waals surface area (Å²) in [4.78, 5) is 11.6. The average Bonchev–Trinajstić information content (AvgIpc) is 2.54. The van der Waals surface area contributed by atoms with Crippen molar-refractivity contribution in [2.45, 2.75) is 40.2 Å². The molecule has 0 amide bonds. The Bertz CT molecular complexity index is 575. The number of rotatable bonds is 2. The Morgan fingerprint density at radius 1 is 1.38 bits per heavy atom. The summed E-state index contributed by atoms with van der Waals surface area (Å²) in [6.07, 6.45) is 0. The smallest absolute Gasteiger partial charge is 0.407 e. The molecule has 3 heteroatoms. The van der Waals surface area contributed by atoms with Crippen LogP contribution in [0, 0.1) is 6.92 Å². The van der Waals surface area contributed by atoms with Crippen molar-refractivity contribution in [3.8, 4) is 0 Å². The number of hydrogen-bond donors (Lipinski definition) is 0. The second kappa shape index (κ2) is 3.81. The predicted octanol–water partition coefficient (Wildman–Crippen LogP) is 3.05. The number of oxazole rings is 1. The molecule has 0 N–H and O–H groups in total. The van der Waals surface area contributed by atoms with Gasteiger partial charge < -0.3 is 4.42 Å². The molecule has 0 radical (unpaired) electrons. The quantitative estimate of drug-likeness (QED) is 0.778. The fourth-order valence-corrected chi connectivity index (χ4v) is 1.99. The van der Waals surface area contributed by atoms with E-state index < -0.39 is 0 Å². The lowest BCUT2D eigenvalue weighted by Gasteiger charge is -2.07. The van der Waals surface area contributed by atoms with Gasteiger partial charge in [-0.05, 0) is 37.0 Å². The number of aromatic nitrogens is 1. The summed E-state index contributed by atoms with van der Waals surface area (Å²) in [7, 11) is 0. The molecule has 0 aliphatic rings. The fraction of sp³-hybridized carbons (Fsp3) is 0.462. The summed E-state index contributed by atoms with van der Waals surface area (Å²) in [5.74, 6) is 0.194. The highest BCUT2D eigenvalue weighted by atomic mass is 16.4. The van der Waals surface area contributed by atoms with E-state index in [4.69, 9.17) is 4.42 Å². The van der Waals surface area contributed by atoms with Gasteiger partial charge in [0.15, 0.2) is 5.58 Å². The molecule has 1 aromatic carbocycles. The van der Waals surface area contributed by atoms with Gasteiger partial charge in [-0.2, -0.15) is 0 Å². The van der Waals surface area contributed by atoms with E-state index in [0.29, 0.717) is 12.5 Å². The average molecular weight is 219 g/mol. The number of hydrogen-bond acceptors (Lipinski definition) is 2. The van der Waals surface area contributed by atoms with Gasteiger partial charge in [-0.15, -0.1) is 0 Å². The molecular weight excluding hydrogens is 202 g/mol. The number of benzene rings is 1. The molecule has 16 heavy (non-hydrogen) atoms. The first kappa shape index (κ1) is 11.0. The highest BCUT2D eigenvalue weighted by Gasteiger charge is 2.12. The molecule has 0 spiro atoms. The van der Waals surface area contributed by atoms with Gasteiger partial charge in [-0.1, -0.05) is 19.9 Å². The summed E-state index contributed by atoms with van der Waals surface area (Å²) in [6, 6.07) is 4.15. The van der Waals surface area contributed by atoms with Crippen LogP contribution in [0.1, 0.15) is 37.8 Å². The lowest BCUT2D eigenvalue weighted by Crippen LogP contribution is -2.12. The molecule has 0 atom stereocenters. The minimum absolute atomic E-state index is 0.262. The molecule has 86 valence electrons. The summed E-state index contributed by atoms with van der Waals surface area (Å²) >= 11 is 0. The first-order valence-electron chi connectivity index (χ1n) is 5.68. The van der Waals surface area contributed by atoms with E-state index in [1.54, 1.807) is 4.57 Å². The second-order valence-corrected chi connectivity index (χ2v) is 4.45. The van der Waals surface area contributed by atoms with Gasteiger partial charge >= 0.3 is 5.76 Å². The highest BCUT2D eigenvalue weighted by molar-refractivity contribution is 5.77. The van der Waals surface area contributed by atoms with E-state index in [-0.39, 0.29) is 5.76 Å². The summed E-state index contributed by atoms with van der Waals surface area (Å²) in [5.41, 5.74) is 3.91. The van der Waals surface area contributed by atoms with Crippen molar-refractivity contribution in [2.75, 3.05) is 0 Å². The standard InChI is InChI=1S/C13H17NO2/c1-5-14-11-7-10(8(2)3)6-9(4)12(11)16-13(14)15/h6-8H,5H2,1-4H3. The van der Waals surface area contributed by atoms with Crippen molar-refractivity contribution in [3.05, 3.63) is 33.8 Å². The Morgan fingerprint density at radius 3 is 2.62 bits per heavy atom. The van der Waals surface area contributed by atoms with Crippen LogP contribution in [0.15, 0.2) is 21.3 Å². The monoisotopic (exact) mass is 219 g/mol. The topological polar surface area (TPSA) is 35.1 Å². The van der Waals surface area contributed by atoms with Crippen LogP contribution in [-0.4, -0.2) is 4.57 Å². The van der Waals surface area contributed by atoms with Crippen LogP contribution in [0.2, 0.25) is 0 Å². The zero-order chi connectivity index (χ0) is 11.9. The molecule has 3 nitrogen and oxygen atoms in total. The van der Waals surface area contributed by atoms with Gasteiger partial charge in [0.05, 0.1) is 5.52 Å². The maximum atomic E-state index is 11.6. The van der Waals surface area contributed by atoms with Crippen LogP contribution in [0.5, 0.6) is 0 Å². The number of aryl methyl sites for hydroxylation is 2. The third kappa shape index (κ3) is 1.56. The minimum Gasteiger partial charge on any atom is -0.407 e. The number of nitrogens with zero attached hydrogens (tertiary/aromatic N) is 1. The van der Waals surface area contributed by atoms with Crippen LogP contribution in [0.25, 0.3) is 11.1 Å². The minimum atomic E-state index is -0.262. The lowest BCUT2D eigenvalue weighted by molar-refractivity contribution is 0.512. The van der Waals surface area contributed by atoms with E-state index in [1.165, 1.54) is 5.56 Å². The van der Waals surface area contributed by atoms with Gasteiger partial charge in [0.2, 0.25) is 0 Å². The Labute approximate surface area is 94.7 Å². The molecule has 0 aliphatic carbocycles. The Morgan fingerprint density at radius 2 is 2.06 bits per heavy atom. The SMILES string of the molecule is CCn1c(=O)oc2c(C)cc(C(C)C)cc21. The first-order chi connectivity index (χ1) is 7.54. The fourth-order valence-electron chi connectivity index (χ4n) is 1.99. The molecule has 0 saturated heterocycles. The third-order valence-corrected chi connectivity index (χ3v) is 2.96. The molecule has 2 aromatic rings. The predicted molar refractivity (Wildman–Crippen MR) is 65.0 cm³/mol. The van der Waals surface area contributed by atoms with E-state index in [9.17, 15) is 4.79 Å². The van der Waals surface area contributed by atoms with Crippen molar-refractivity contribution >= 4 is 11.1 Å². The third-order valence-electron chi connectivity index (χ3n) is 2.96. The van der Waals surface area contributed by atoms with Gasteiger partial charge in [0.25, 0.3) is 0 Å². The van der Waals surface area contributed by atoms with E-state index in [2.05, 4.69) is 26.0 Å². The van der Waals surface area contributed by atoms with Crippen molar-refractivity contribution in [2.24, 2.45) is 0 Å². The van der Waals surface area contributed by atoms with Crippen LogP contribution in [-0.2, 0) is 6.54 Å². The lowest BCUT2D eigenvalue weighted by atomic mass is 10.0. The van der Waals surface area contributed by atoms with Crippen molar-refractivity contribution in [3.63, 3.8) is 0 Å². The largest absolute Gasteiger partial charge is 0.419 e. The van der Waals surface area contributed by atoms with E-state index >= 15 is 0 Å². The van der Waals surface area contributed by atoms with Crippen molar-refractivity contribution in [1.82, 2.24) is 4.57 Å². The van der Waals surface area contributed by atoms with Gasteiger partial charge in [0, 0.05) is 6.54 Å². The van der Waals surface area contributed by atoms with Crippen LogP contribution >= 0.6 is 0 Å². The number of fused-ring (bicyclic) bond motifs is 1. The Balaban J connectivity index is 2.83. The van der Waals surface area contributed by atoms with Crippen molar-refractivity contribution < 1.29 is 4.42 Å². The maximum absolute atomic E-state index is 11.6. The normalized spacial score (nSPS) is 11.6. The van der Waals surface area contributed by atoms with E-state index in [0.717, 1.165) is 16.7 Å². The van der Waals surface area contributed by atoms with Crippen LogP contribution in [0.3, 0.4) is 0 Å². The molecule has 0 saturated carbocycles. The Kier molecular flexibility index (Phi) is 2.62.